The highest BCUT2D eigenvalue weighted by Gasteiger charge is 2.55. The van der Waals surface area contributed by atoms with E-state index in [4.69, 9.17) is 8.92 Å². The van der Waals surface area contributed by atoms with Crippen LogP contribution in [0.5, 0.6) is 5.75 Å². The zero-order valence-electron chi connectivity index (χ0n) is 12.4. The number of allylic oxidation sites excluding steroid dienone is 1. The van der Waals surface area contributed by atoms with Gasteiger partial charge in [0.15, 0.2) is 0 Å². The third-order valence-corrected chi connectivity index (χ3v) is 4.89. The molecule has 2 aliphatic rings. The van der Waals surface area contributed by atoms with Crippen molar-refractivity contribution >= 4 is 16.1 Å². The van der Waals surface area contributed by atoms with Gasteiger partial charge < -0.3 is 8.92 Å². The minimum absolute atomic E-state index is 0.146. The number of carbonyl (C=O) groups excluding carboxylic acids is 1. The van der Waals surface area contributed by atoms with Gasteiger partial charge in [-0.15, -0.1) is 0 Å². The van der Waals surface area contributed by atoms with Crippen LogP contribution >= 0.6 is 0 Å². The molecule has 5 nitrogen and oxygen atoms in total. The lowest BCUT2D eigenvalue weighted by molar-refractivity contribution is -0.146. The molecule has 118 valence electrons. The molecule has 0 amide bonds. The zero-order chi connectivity index (χ0) is 16.0. The Morgan fingerprint density at radius 1 is 1.36 bits per heavy atom. The molecule has 1 saturated carbocycles. The predicted octanol–water partition coefficient (Wildman–Crippen LogP) is 2.08. The van der Waals surface area contributed by atoms with Gasteiger partial charge in [0.25, 0.3) is 0 Å². The molecule has 3 rings (SSSR count). The van der Waals surface area contributed by atoms with Crippen LogP contribution in [0.15, 0.2) is 36.4 Å². The number of benzene rings is 1. The first-order valence-corrected chi connectivity index (χ1v) is 8.92. The van der Waals surface area contributed by atoms with E-state index in [1.165, 1.54) is 0 Å². The lowest BCUT2D eigenvalue weighted by atomic mass is 9.75. The predicted molar refractivity (Wildman–Crippen MR) is 80.9 cm³/mol. The van der Waals surface area contributed by atoms with Crippen LogP contribution in [0.25, 0.3) is 0 Å². The highest BCUT2D eigenvalue weighted by molar-refractivity contribution is 7.86. The van der Waals surface area contributed by atoms with Crippen molar-refractivity contribution < 1.29 is 22.1 Å². The summed E-state index contributed by atoms with van der Waals surface area (Å²) in [7, 11) is -3.53. The first kappa shape index (κ1) is 15.1. The fraction of sp³-hybridized carbons (Fsp3) is 0.438. The third-order valence-electron chi connectivity index (χ3n) is 4.39. The zero-order valence-corrected chi connectivity index (χ0v) is 13.2. The molecular weight excluding hydrogens is 304 g/mol. The smallest absolute Gasteiger partial charge is 0.313 e. The van der Waals surface area contributed by atoms with E-state index in [1.54, 1.807) is 24.3 Å². The molecule has 0 N–H and O–H groups in total. The van der Waals surface area contributed by atoms with Crippen LogP contribution in [0, 0.1) is 11.3 Å². The second-order valence-corrected chi connectivity index (χ2v) is 7.77. The van der Waals surface area contributed by atoms with Gasteiger partial charge in [-0.25, -0.2) is 0 Å². The van der Waals surface area contributed by atoms with Gasteiger partial charge in [-0.1, -0.05) is 24.3 Å². The highest BCUT2D eigenvalue weighted by atomic mass is 32.2. The number of esters is 1. The van der Waals surface area contributed by atoms with E-state index in [9.17, 15) is 13.2 Å². The van der Waals surface area contributed by atoms with E-state index in [0.717, 1.165) is 23.8 Å². The van der Waals surface area contributed by atoms with E-state index < -0.39 is 15.5 Å². The van der Waals surface area contributed by atoms with Crippen LogP contribution in [-0.2, 0) is 26.1 Å². The minimum atomic E-state index is -3.53. The van der Waals surface area contributed by atoms with Crippen LogP contribution < -0.4 is 4.18 Å². The molecule has 0 aromatic heterocycles. The van der Waals surface area contributed by atoms with Gasteiger partial charge in [0.2, 0.25) is 0 Å². The summed E-state index contributed by atoms with van der Waals surface area (Å²) >= 11 is 0. The molecule has 0 bridgehead atoms. The summed E-state index contributed by atoms with van der Waals surface area (Å²) in [6.45, 7) is 4.48. The molecular formula is C16H18O5S. The number of hydrogen-bond donors (Lipinski definition) is 0. The summed E-state index contributed by atoms with van der Waals surface area (Å²) in [5, 5.41) is 0. The Balaban J connectivity index is 1.81. The standard InChI is InChI=1S/C16H18O5S/c1-11-7-13-10-20-15(17)16(13,8-11)9-12-3-5-14(6-4-12)21-22(2,18)19/h3-6,13H,1,7-10H2,2H3. The van der Waals surface area contributed by atoms with Crippen molar-refractivity contribution in [3.05, 3.63) is 42.0 Å². The largest absolute Gasteiger partial charge is 0.465 e. The average Bonchev–Trinajstić information content (AvgIpc) is 2.87. The lowest BCUT2D eigenvalue weighted by Crippen LogP contribution is -2.31. The number of hydrogen-bond acceptors (Lipinski definition) is 5. The van der Waals surface area contributed by atoms with Crippen molar-refractivity contribution in [2.24, 2.45) is 11.3 Å². The molecule has 6 heteroatoms. The number of fused-ring (bicyclic) bond motifs is 1. The van der Waals surface area contributed by atoms with Gasteiger partial charge in [-0.05, 0) is 37.0 Å². The van der Waals surface area contributed by atoms with E-state index in [2.05, 4.69) is 6.58 Å². The molecule has 0 radical (unpaired) electrons. The Hall–Kier alpha value is -1.82. The molecule has 0 spiro atoms. The Morgan fingerprint density at radius 3 is 2.68 bits per heavy atom. The summed E-state index contributed by atoms with van der Waals surface area (Å²) in [5.41, 5.74) is 1.55. The minimum Gasteiger partial charge on any atom is -0.465 e. The fourth-order valence-corrected chi connectivity index (χ4v) is 3.93. The Bertz CT molecular complexity index is 719. The van der Waals surface area contributed by atoms with Crippen molar-refractivity contribution in [1.82, 2.24) is 0 Å². The van der Waals surface area contributed by atoms with E-state index >= 15 is 0 Å². The molecule has 1 heterocycles. The maximum absolute atomic E-state index is 12.2. The SMILES string of the molecule is C=C1CC2COC(=O)C2(Cc2ccc(OS(C)(=O)=O)cc2)C1. The Morgan fingerprint density at radius 2 is 2.05 bits per heavy atom. The topological polar surface area (TPSA) is 69.7 Å². The Kier molecular flexibility index (Phi) is 3.51. The molecule has 1 aliphatic carbocycles. The van der Waals surface area contributed by atoms with E-state index in [-0.39, 0.29) is 17.6 Å². The van der Waals surface area contributed by atoms with Crippen molar-refractivity contribution in [2.75, 3.05) is 12.9 Å². The Labute approximate surface area is 130 Å². The number of carbonyl (C=O) groups is 1. The van der Waals surface area contributed by atoms with Gasteiger partial charge in [-0.3, -0.25) is 4.79 Å². The number of ether oxygens (including phenoxy) is 1. The molecule has 1 aromatic rings. The van der Waals surface area contributed by atoms with Gasteiger partial charge >= 0.3 is 16.1 Å². The van der Waals surface area contributed by atoms with Crippen LogP contribution in [-0.4, -0.2) is 27.2 Å². The fourth-order valence-electron chi connectivity index (χ4n) is 3.46. The number of cyclic esters (lactones) is 1. The summed E-state index contributed by atoms with van der Waals surface area (Å²) in [4.78, 5) is 12.2. The first-order valence-electron chi connectivity index (χ1n) is 7.11. The maximum atomic E-state index is 12.2. The lowest BCUT2D eigenvalue weighted by Gasteiger charge is -2.24. The molecule has 1 aromatic carbocycles. The third kappa shape index (κ3) is 2.75. The summed E-state index contributed by atoms with van der Waals surface area (Å²) in [5.74, 6) is 0.317. The first-order chi connectivity index (χ1) is 10.3. The van der Waals surface area contributed by atoms with Crippen molar-refractivity contribution in [1.29, 1.82) is 0 Å². The number of rotatable bonds is 4. The highest BCUT2D eigenvalue weighted by Crippen LogP contribution is 2.52. The maximum Gasteiger partial charge on any atom is 0.313 e. The van der Waals surface area contributed by atoms with Crippen molar-refractivity contribution in [3.8, 4) is 5.75 Å². The van der Waals surface area contributed by atoms with Crippen molar-refractivity contribution in [2.45, 2.75) is 19.3 Å². The quantitative estimate of drug-likeness (QED) is 0.482. The van der Waals surface area contributed by atoms with Crippen LogP contribution in [0.3, 0.4) is 0 Å². The molecule has 1 aliphatic heterocycles. The normalized spacial score (nSPS) is 27.6. The molecule has 1 saturated heterocycles. The molecule has 2 fully saturated rings. The van der Waals surface area contributed by atoms with Gasteiger partial charge in [0.05, 0.1) is 18.3 Å². The molecule has 22 heavy (non-hydrogen) atoms. The van der Waals surface area contributed by atoms with Gasteiger partial charge in [0, 0.05) is 5.92 Å². The second-order valence-electron chi connectivity index (χ2n) is 6.19. The summed E-state index contributed by atoms with van der Waals surface area (Å²) in [6.07, 6.45) is 3.08. The van der Waals surface area contributed by atoms with Crippen molar-refractivity contribution in [3.63, 3.8) is 0 Å². The molecule has 2 unspecified atom stereocenters. The van der Waals surface area contributed by atoms with Crippen LogP contribution in [0.1, 0.15) is 18.4 Å². The van der Waals surface area contributed by atoms with Crippen LogP contribution in [0.4, 0.5) is 0 Å². The van der Waals surface area contributed by atoms with Gasteiger partial charge in [0.1, 0.15) is 5.75 Å². The molecule has 2 atom stereocenters. The monoisotopic (exact) mass is 322 g/mol. The van der Waals surface area contributed by atoms with E-state index in [1.807, 2.05) is 0 Å². The average molecular weight is 322 g/mol. The van der Waals surface area contributed by atoms with Gasteiger partial charge in [-0.2, -0.15) is 8.42 Å². The summed E-state index contributed by atoms with van der Waals surface area (Å²) < 4.78 is 32.3. The van der Waals surface area contributed by atoms with Crippen LogP contribution in [0.2, 0.25) is 0 Å². The second kappa shape index (κ2) is 5.12. The van der Waals surface area contributed by atoms with E-state index in [0.29, 0.717) is 19.4 Å². The summed E-state index contributed by atoms with van der Waals surface area (Å²) in [6, 6.07) is 6.79.